The molecule has 1 heterocycles. The van der Waals surface area contributed by atoms with Gasteiger partial charge in [0.1, 0.15) is 11.6 Å². The first-order valence-electron chi connectivity index (χ1n) is 9.34. The van der Waals surface area contributed by atoms with Crippen molar-refractivity contribution in [3.63, 3.8) is 0 Å². The molecule has 0 unspecified atom stereocenters. The highest BCUT2D eigenvalue weighted by molar-refractivity contribution is 6.30. The lowest BCUT2D eigenvalue weighted by Gasteiger charge is -2.13. The molecule has 0 bridgehead atoms. The molecular formula is C23H21ClN4O. The van der Waals surface area contributed by atoms with Gasteiger partial charge in [0.2, 0.25) is 5.95 Å². The van der Waals surface area contributed by atoms with Gasteiger partial charge in [-0.2, -0.15) is 4.98 Å². The van der Waals surface area contributed by atoms with Gasteiger partial charge in [0, 0.05) is 29.1 Å². The fourth-order valence-corrected chi connectivity index (χ4v) is 3.23. The molecule has 4 rings (SSSR count). The fourth-order valence-electron chi connectivity index (χ4n) is 3.10. The van der Waals surface area contributed by atoms with Crippen molar-refractivity contribution in [1.29, 1.82) is 0 Å². The average Bonchev–Trinajstić information content (AvgIpc) is 2.77. The number of fused-ring (bicyclic) bond motifs is 1. The Kier molecular flexibility index (Phi) is 5.77. The third-order valence-corrected chi connectivity index (χ3v) is 4.86. The highest BCUT2D eigenvalue weighted by atomic mass is 35.5. The standard InChI is InChI=1S/C23H21ClN4O/c1-29-21-9-5-2-6-17(21)15-25-22-19-7-3-4-8-20(19)27-23(28-22)26-14-16-10-12-18(24)13-11-16/h2-13H,14-15H2,1H3,(H2,25,26,27,28). The SMILES string of the molecule is COc1ccccc1CNc1nc(NCc2ccc(Cl)cc2)nc2ccccc12. The van der Waals surface area contributed by atoms with Gasteiger partial charge in [-0.1, -0.05) is 54.1 Å². The summed E-state index contributed by atoms with van der Waals surface area (Å²) in [6.07, 6.45) is 0. The van der Waals surface area contributed by atoms with E-state index < -0.39 is 0 Å². The molecule has 0 amide bonds. The van der Waals surface area contributed by atoms with Crippen LogP contribution in [0.25, 0.3) is 10.9 Å². The van der Waals surface area contributed by atoms with Crippen molar-refractivity contribution in [1.82, 2.24) is 9.97 Å². The molecule has 146 valence electrons. The first kappa shape index (κ1) is 19.0. The van der Waals surface area contributed by atoms with Gasteiger partial charge in [0.15, 0.2) is 0 Å². The monoisotopic (exact) mass is 404 g/mol. The molecule has 0 spiro atoms. The van der Waals surface area contributed by atoms with Crippen LogP contribution in [-0.4, -0.2) is 17.1 Å². The van der Waals surface area contributed by atoms with Crippen molar-refractivity contribution in [3.05, 3.63) is 88.9 Å². The van der Waals surface area contributed by atoms with Crippen LogP contribution in [0.3, 0.4) is 0 Å². The van der Waals surface area contributed by atoms with Crippen LogP contribution in [0.4, 0.5) is 11.8 Å². The molecule has 5 nitrogen and oxygen atoms in total. The summed E-state index contributed by atoms with van der Waals surface area (Å²) in [7, 11) is 1.68. The van der Waals surface area contributed by atoms with Crippen LogP contribution >= 0.6 is 11.6 Å². The van der Waals surface area contributed by atoms with Gasteiger partial charge in [0.05, 0.1) is 12.6 Å². The van der Waals surface area contributed by atoms with Crippen molar-refractivity contribution in [3.8, 4) is 5.75 Å². The Morgan fingerprint density at radius 1 is 0.828 bits per heavy atom. The normalized spacial score (nSPS) is 10.7. The minimum Gasteiger partial charge on any atom is -0.496 e. The van der Waals surface area contributed by atoms with E-state index in [9.17, 15) is 0 Å². The number of ether oxygens (including phenoxy) is 1. The number of para-hydroxylation sites is 2. The highest BCUT2D eigenvalue weighted by Gasteiger charge is 2.09. The number of nitrogens with one attached hydrogen (secondary N) is 2. The Labute approximate surface area is 174 Å². The molecule has 3 aromatic carbocycles. The first-order valence-corrected chi connectivity index (χ1v) is 9.71. The summed E-state index contributed by atoms with van der Waals surface area (Å²) >= 11 is 5.96. The minimum atomic E-state index is 0.571. The zero-order valence-electron chi connectivity index (χ0n) is 16.0. The number of methoxy groups -OCH3 is 1. The Balaban J connectivity index is 1.57. The Morgan fingerprint density at radius 2 is 1.59 bits per heavy atom. The van der Waals surface area contributed by atoms with E-state index in [1.165, 1.54) is 0 Å². The number of hydrogen-bond donors (Lipinski definition) is 2. The summed E-state index contributed by atoms with van der Waals surface area (Å²) in [5.41, 5.74) is 3.05. The summed E-state index contributed by atoms with van der Waals surface area (Å²) in [5.74, 6) is 2.20. The molecule has 0 radical (unpaired) electrons. The van der Waals surface area contributed by atoms with E-state index in [0.717, 1.165) is 38.6 Å². The number of nitrogens with zero attached hydrogens (tertiary/aromatic N) is 2. The summed E-state index contributed by atoms with van der Waals surface area (Å²) in [4.78, 5) is 9.35. The minimum absolute atomic E-state index is 0.571. The number of aromatic nitrogens is 2. The maximum atomic E-state index is 5.96. The first-order chi connectivity index (χ1) is 14.2. The van der Waals surface area contributed by atoms with Gasteiger partial charge in [0.25, 0.3) is 0 Å². The number of halogens is 1. The molecule has 0 aliphatic heterocycles. The van der Waals surface area contributed by atoms with Gasteiger partial charge in [-0.3, -0.25) is 0 Å². The zero-order valence-corrected chi connectivity index (χ0v) is 16.8. The van der Waals surface area contributed by atoms with Crippen LogP contribution in [-0.2, 0) is 13.1 Å². The van der Waals surface area contributed by atoms with Crippen LogP contribution in [0, 0.1) is 0 Å². The van der Waals surface area contributed by atoms with Crippen LogP contribution in [0.15, 0.2) is 72.8 Å². The van der Waals surface area contributed by atoms with Gasteiger partial charge in [-0.05, 0) is 35.9 Å². The van der Waals surface area contributed by atoms with Crippen molar-refractivity contribution in [2.45, 2.75) is 13.1 Å². The molecule has 0 saturated heterocycles. The van der Waals surface area contributed by atoms with Gasteiger partial charge >= 0.3 is 0 Å². The van der Waals surface area contributed by atoms with Crippen molar-refractivity contribution >= 4 is 34.3 Å². The Morgan fingerprint density at radius 3 is 2.41 bits per heavy atom. The summed E-state index contributed by atoms with van der Waals surface area (Å²) in [5, 5.41) is 8.43. The molecule has 2 N–H and O–H groups in total. The molecule has 0 saturated carbocycles. The fraction of sp³-hybridized carbons (Fsp3) is 0.130. The largest absolute Gasteiger partial charge is 0.496 e. The second-order valence-corrected chi connectivity index (χ2v) is 6.99. The van der Waals surface area contributed by atoms with Crippen molar-refractivity contribution in [2.24, 2.45) is 0 Å². The predicted molar refractivity (Wildman–Crippen MR) is 119 cm³/mol. The molecule has 0 aliphatic rings. The Bertz CT molecular complexity index is 1120. The smallest absolute Gasteiger partial charge is 0.225 e. The van der Waals surface area contributed by atoms with Gasteiger partial charge in [-0.15, -0.1) is 0 Å². The number of anilines is 2. The molecule has 0 aliphatic carbocycles. The average molecular weight is 405 g/mol. The predicted octanol–water partition coefficient (Wildman–Crippen LogP) is 5.52. The topological polar surface area (TPSA) is 59.1 Å². The van der Waals surface area contributed by atoms with Crippen molar-refractivity contribution in [2.75, 3.05) is 17.7 Å². The van der Waals surface area contributed by atoms with Crippen LogP contribution < -0.4 is 15.4 Å². The lowest BCUT2D eigenvalue weighted by molar-refractivity contribution is 0.410. The van der Waals surface area contributed by atoms with E-state index in [4.69, 9.17) is 21.3 Å². The molecule has 6 heteroatoms. The number of benzene rings is 3. The summed E-state index contributed by atoms with van der Waals surface area (Å²) < 4.78 is 5.45. The van der Waals surface area contributed by atoms with E-state index in [0.29, 0.717) is 19.0 Å². The molecule has 0 atom stereocenters. The maximum Gasteiger partial charge on any atom is 0.225 e. The zero-order chi connectivity index (χ0) is 20.1. The summed E-state index contributed by atoms with van der Waals surface area (Å²) in [6, 6.07) is 23.6. The van der Waals surface area contributed by atoms with Crippen LogP contribution in [0.1, 0.15) is 11.1 Å². The highest BCUT2D eigenvalue weighted by Crippen LogP contribution is 2.24. The molecule has 0 fully saturated rings. The number of rotatable bonds is 7. The molecular weight excluding hydrogens is 384 g/mol. The quantitative estimate of drug-likeness (QED) is 0.425. The van der Waals surface area contributed by atoms with Crippen LogP contribution in [0.5, 0.6) is 5.75 Å². The van der Waals surface area contributed by atoms with E-state index in [1.807, 2.05) is 72.8 Å². The number of hydrogen-bond acceptors (Lipinski definition) is 5. The second kappa shape index (κ2) is 8.80. The molecule has 29 heavy (non-hydrogen) atoms. The van der Waals surface area contributed by atoms with Crippen LogP contribution in [0.2, 0.25) is 5.02 Å². The lowest BCUT2D eigenvalue weighted by atomic mass is 10.2. The van der Waals surface area contributed by atoms with Gasteiger partial charge in [-0.25, -0.2) is 4.98 Å². The van der Waals surface area contributed by atoms with Gasteiger partial charge < -0.3 is 15.4 Å². The molecule has 4 aromatic rings. The van der Waals surface area contributed by atoms with E-state index in [1.54, 1.807) is 7.11 Å². The maximum absolute atomic E-state index is 5.96. The van der Waals surface area contributed by atoms with E-state index >= 15 is 0 Å². The lowest BCUT2D eigenvalue weighted by Crippen LogP contribution is -2.08. The van der Waals surface area contributed by atoms with Crippen molar-refractivity contribution < 1.29 is 4.74 Å². The summed E-state index contributed by atoms with van der Waals surface area (Å²) in [6.45, 7) is 1.21. The Hall–Kier alpha value is -3.31. The second-order valence-electron chi connectivity index (χ2n) is 6.56. The van der Waals surface area contributed by atoms with E-state index in [2.05, 4.69) is 15.6 Å². The van der Waals surface area contributed by atoms with E-state index in [-0.39, 0.29) is 0 Å². The third-order valence-electron chi connectivity index (χ3n) is 4.61. The third kappa shape index (κ3) is 4.58. The molecule has 1 aromatic heterocycles.